The number of carbonyl (C=O) groups excluding carboxylic acids is 1. The first-order valence-electron chi connectivity index (χ1n) is 17.7. The Labute approximate surface area is 308 Å². The minimum Gasteiger partial charge on any atom is -1.00 e. The molecule has 5 aromatic rings. The summed E-state index contributed by atoms with van der Waals surface area (Å²) >= 11 is 0. The Balaban J connectivity index is 0.000000262. The third kappa shape index (κ3) is 12.6. The Hall–Kier alpha value is -3.27. The van der Waals surface area contributed by atoms with E-state index >= 15 is 0 Å². The first-order chi connectivity index (χ1) is 23.2. The van der Waals surface area contributed by atoms with Gasteiger partial charge in [-0.25, -0.2) is 0 Å². The van der Waals surface area contributed by atoms with Crippen LogP contribution in [0.25, 0.3) is 0 Å². The van der Waals surface area contributed by atoms with Gasteiger partial charge in [-0.05, 0) is 60.5 Å². The van der Waals surface area contributed by atoms with Crippen molar-refractivity contribution in [2.45, 2.75) is 77.3 Å². The van der Waals surface area contributed by atoms with Crippen LogP contribution in [0.4, 0.5) is 0 Å². The molecule has 5 rings (SSSR count). The standard InChI is InChI=1S/C25H22P.C19H31NO.HI/c1-5-13-22(14-6-1)21-26(23-15-7-2-8-16-23,24-17-9-3-10-18-24)25-19-11-4-12-20-25;1-2-3-4-5-6-7-8-9-10-14-17-20-19(21)18-15-12-11-13-16-18;/h1-20H,21H2;11-13,15-16H,2-10,14,17H2,1H3,(H,20,21);1H/q+1;;/p-1. The van der Waals surface area contributed by atoms with Gasteiger partial charge >= 0.3 is 0 Å². The lowest BCUT2D eigenvalue weighted by Crippen LogP contribution is -3.00. The molecule has 0 aliphatic heterocycles. The monoisotopic (exact) mass is 769 g/mol. The van der Waals surface area contributed by atoms with Crippen LogP contribution in [0.5, 0.6) is 0 Å². The molecule has 0 unspecified atom stereocenters. The van der Waals surface area contributed by atoms with E-state index in [1.54, 1.807) is 0 Å². The normalized spacial score (nSPS) is 10.7. The third-order valence-corrected chi connectivity index (χ3v) is 13.1. The second-order valence-corrected chi connectivity index (χ2v) is 15.7. The van der Waals surface area contributed by atoms with Crippen molar-refractivity contribution in [3.8, 4) is 0 Å². The Morgan fingerprint density at radius 3 is 1.25 bits per heavy atom. The van der Waals surface area contributed by atoms with Crippen LogP contribution < -0.4 is 45.2 Å². The van der Waals surface area contributed by atoms with Crippen LogP contribution in [-0.4, -0.2) is 12.5 Å². The van der Waals surface area contributed by atoms with Gasteiger partial charge in [-0.3, -0.25) is 4.79 Å². The largest absolute Gasteiger partial charge is 1.00 e. The summed E-state index contributed by atoms with van der Waals surface area (Å²) in [6, 6.07) is 53.5. The van der Waals surface area contributed by atoms with E-state index in [4.69, 9.17) is 0 Å². The van der Waals surface area contributed by atoms with E-state index in [1.165, 1.54) is 79.3 Å². The molecule has 0 saturated carbocycles. The maximum atomic E-state index is 11.8. The van der Waals surface area contributed by atoms with Gasteiger partial charge in [0.15, 0.2) is 0 Å². The number of unbranched alkanes of at least 4 members (excludes halogenated alkanes) is 9. The maximum absolute atomic E-state index is 11.8. The summed E-state index contributed by atoms with van der Waals surface area (Å²) in [5, 5.41) is 7.28. The maximum Gasteiger partial charge on any atom is 0.251 e. The van der Waals surface area contributed by atoms with Gasteiger partial charge in [0.1, 0.15) is 23.2 Å². The number of rotatable bonds is 17. The van der Waals surface area contributed by atoms with Crippen LogP contribution in [0.2, 0.25) is 0 Å². The van der Waals surface area contributed by atoms with Gasteiger partial charge in [-0.1, -0.05) is 168 Å². The molecule has 48 heavy (non-hydrogen) atoms. The van der Waals surface area contributed by atoms with Crippen molar-refractivity contribution in [2.75, 3.05) is 6.54 Å². The molecule has 4 heteroatoms. The second kappa shape index (κ2) is 23.1. The second-order valence-electron chi connectivity index (χ2n) is 12.3. The minimum atomic E-state index is -1.78. The van der Waals surface area contributed by atoms with Crippen LogP contribution in [-0.2, 0) is 6.16 Å². The van der Waals surface area contributed by atoms with Gasteiger partial charge in [0.25, 0.3) is 5.91 Å². The number of halogens is 1. The summed E-state index contributed by atoms with van der Waals surface area (Å²) in [4.78, 5) is 11.8. The van der Waals surface area contributed by atoms with Gasteiger partial charge in [0.2, 0.25) is 0 Å². The summed E-state index contributed by atoms with van der Waals surface area (Å²) in [5.74, 6) is 0.0477. The molecule has 1 amide bonds. The van der Waals surface area contributed by atoms with Crippen LogP contribution >= 0.6 is 7.26 Å². The molecule has 0 atom stereocenters. The Morgan fingerprint density at radius 2 is 0.833 bits per heavy atom. The number of benzene rings is 5. The predicted octanol–water partition coefficient (Wildman–Crippen LogP) is 7.52. The smallest absolute Gasteiger partial charge is 0.251 e. The van der Waals surface area contributed by atoms with Crippen LogP contribution in [0, 0.1) is 0 Å². The van der Waals surface area contributed by atoms with Crippen molar-refractivity contribution < 1.29 is 28.8 Å². The topological polar surface area (TPSA) is 29.1 Å². The highest BCUT2D eigenvalue weighted by molar-refractivity contribution is 7.95. The quantitative estimate of drug-likeness (QED) is 0.0593. The van der Waals surface area contributed by atoms with E-state index < -0.39 is 7.26 Å². The highest BCUT2D eigenvalue weighted by Gasteiger charge is 2.45. The lowest BCUT2D eigenvalue weighted by atomic mass is 10.1. The molecule has 2 nitrogen and oxygen atoms in total. The summed E-state index contributed by atoms with van der Waals surface area (Å²) in [7, 11) is -1.78. The number of hydrogen-bond acceptors (Lipinski definition) is 1. The van der Waals surface area contributed by atoms with Crippen molar-refractivity contribution in [3.63, 3.8) is 0 Å². The molecule has 0 fully saturated rings. The molecule has 0 aliphatic rings. The Morgan fingerprint density at radius 1 is 0.479 bits per heavy atom. The van der Waals surface area contributed by atoms with Gasteiger partial charge in [0.05, 0.1) is 6.16 Å². The first-order valence-corrected chi connectivity index (χ1v) is 19.6. The number of nitrogens with one attached hydrogen (secondary N) is 1. The van der Waals surface area contributed by atoms with E-state index in [0.29, 0.717) is 0 Å². The molecule has 0 heterocycles. The highest BCUT2D eigenvalue weighted by atomic mass is 127. The predicted molar refractivity (Wildman–Crippen MR) is 206 cm³/mol. The summed E-state index contributed by atoms with van der Waals surface area (Å²) < 4.78 is 0. The van der Waals surface area contributed by atoms with Crippen molar-refractivity contribution in [3.05, 3.63) is 163 Å². The van der Waals surface area contributed by atoms with Crippen LogP contribution in [0.15, 0.2) is 152 Å². The molecule has 0 radical (unpaired) electrons. The van der Waals surface area contributed by atoms with E-state index in [-0.39, 0.29) is 29.9 Å². The molecular formula is C44H53INOP. The van der Waals surface area contributed by atoms with E-state index in [9.17, 15) is 4.79 Å². The zero-order valence-corrected chi connectivity index (χ0v) is 31.7. The SMILES string of the molecule is CCCCCCCCCCCCNC(=O)c1ccccc1.[I-].c1ccc(C[P+](c2ccccc2)(c2ccccc2)c2ccccc2)cc1. The lowest BCUT2D eigenvalue weighted by molar-refractivity contribution is -0.0000178. The molecule has 0 aliphatic carbocycles. The Kier molecular flexibility index (Phi) is 18.9. The summed E-state index contributed by atoms with van der Waals surface area (Å²) in [5.41, 5.74) is 2.14. The number of hydrogen-bond donors (Lipinski definition) is 1. The summed E-state index contributed by atoms with van der Waals surface area (Å²) in [6.07, 6.45) is 14.3. The fourth-order valence-electron chi connectivity index (χ4n) is 6.13. The zero-order chi connectivity index (χ0) is 32.8. The Bertz CT molecular complexity index is 1420. The van der Waals surface area contributed by atoms with E-state index in [1.807, 2.05) is 30.3 Å². The van der Waals surface area contributed by atoms with Crippen LogP contribution in [0.1, 0.15) is 87.1 Å². The number of amides is 1. The summed E-state index contributed by atoms with van der Waals surface area (Å²) in [6.45, 7) is 3.06. The van der Waals surface area contributed by atoms with Gasteiger partial charge in [-0.15, -0.1) is 0 Å². The van der Waals surface area contributed by atoms with Gasteiger partial charge in [-0.2, -0.15) is 0 Å². The van der Waals surface area contributed by atoms with Gasteiger partial charge < -0.3 is 29.3 Å². The molecular weight excluding hydrogens is 716 g/mol. The minimum absolute atomic E-state index is 0. The molecule has 0 saturated heterocycles. The molecule has 0 spiro atoms. The third-order valence-electron chi connectivity index (χ3n) is 8.71. The fraction of sp³-hybridized carbons (Fsp3) is 0.295. The van der Waals surface area contributed by atoms with Gasteiger partial charge in [0, 0.05) is 12.1 Å². The molecule has 0 bridgehead atoms. The number of carbonyl (C=O) groups is 1. The highest BCUT2D eigenvalue weighted by Crippen LogP contribution is 2.58. The van der Waals surface area contributed by atoms with Crippen molar-refractivity contribution >= 4 is 29.1 Å². The first kappa shape index (κ1) is 39.2. The lowest BCUT2D eigenvalue weighted by Gasteiger charge is -2.27. The van der Waals surface area contributed by atoms with E-state index in [2.05, 4.69) is 134 Å². The van der Waals surface area contributed by atoms with Crippen molar-refractivity contribution in [1.29, 1.82) is 0 Å². The van der Waals surface area contributed by atoms with E-state index in [0.717, 1.165) is 24.7 Å². The average molecular weight is 770 g/mol. The molecule has 0 aromatic heterocycles. The molecule has 252 valence electrons. The average Bonchev–Trinajstić information content (AvgIpc) is 3.15. The molecule has 5 aromatic carbocycles. The van der Waals surface area contributed by atoms with Crippen molar-refractivity contribution in [2.24, 2.45) is 0 Å². The molecule has 1 N–H and O–H groups in total. The van der Waals surface area contributed by atoms with Crippen molar-refractivity contribution in [1.82, 2.24) is 5.32 Å². The fourth-order valence-corrected chi connectivity index (χ4v) is 10.4. The van der Waals surface area contributed by atoms with Crippen LogP contribution in [0.3, 0.4) is 0 Å². The zero-order valence-electron chi connectivity index (χ0n) is 28.7.